The van der Waals surface area contributed by atoms with E-state index in [1.807, 2.05) is 0 Å². The molecule has 0 heterocycles. The summed E-state index contributed by atoms with van der Waals surface area (Å²) in [5, 5.41) is 24.0. The topological polar surface area (TPSA) is 63.9 Å². The van der Waals surface area contributed by atoms with Crippen LogP contribution in [0.4, 0.5) is 0 Å². The molecule has 0 aromatic carbocycles. The van der Waals surface area contributed by atoms with Gasteiger partial charge >= 0.3 is 0 Å². The van der Waals surface area contributed by atoms with E-state index in [1.54, 1.807) is 0 Å². The van der Waals surface area contributed by atoms with Crippen molar-refractivity contribution in [2.75, 3.05) is 32.8 Å². The molecule has 13 heavy (non-hydrogen) atoms. The van der Waals surface area contributed by atoms with E-state index in [-0.39, 0.29) is 13.2 Å². The smallest absolute Gasteiger partial charge is 0.100 e. The van der Waals surface area contributed by atoms with Crippen molar-refractivity contribution in [3.63, 3.8) is 0 Å². The minimum absolute atomic E-state index is 0.365. The van der Waals surface area contributed by atoms with Gasteiger partial charge in [-0.25, -0.2) is 0 Å². The molecule has 0 atom stereocenters. The average Bonchev–Trinajstić information content (AvgIpc) is 2.20. The van der Waals surface area contributed by atoms with E-state index in [4.69, 9.17) is 15.3 Å². The second-order valence-electron chi connectivity index (χ2n) is 2.64. The van der Waals surface area contributed by atoms with E-state index >= 15 is 0 Å². The van der Waals surface area contributed by atoms with Crippen LogP contribution in [0.5, 0.6) is 0 Å². The number of nitrogens with zero attached hydrogens (tertiary/aromatic N) is 1. The average molecular weight is 193 g/mol. The van der Waals surface area contributed by atoms with Crippen LogP contribution in [0.2, 0.25) is 0 Å². The van der Waals surface area contributed by atoms with Gasteiger partial charge in [-0.1, -0.05) is 20.8 Å². The third-order valence-corrected chi connectivity index (χ3v) is 1.76. The summed E-state index contributed by atoms with van der Waals surface area (Å²) < 4.78 is 0. The van der Waals surface area contributed by atoms with Gasteiger partial charge < -0.3 is 20.2 Å². The molecule has 0 aliphatic heterocycles. The quantitative estimate of drug-likeness (QED) is 0.560. The molecular weight excluding hydrogens is 170 g/mol. The molecule has 0 saturated heterocycles. The van der Waals surface area contributed by atoms with Crippen LogP contribution in [0.3, 0.4) is 0 Å². The Balaban J connectivity index is 0. The van der Waals surface area contributed by atoms with E-state index in [0.717, 1.165) is 0 Å². The Morgan fingerprint density at radius 1 is 0.923 bits per heavy atom. The second kappa shape index (κ2) is 11.8. The highest BCUT2D eigenvalue weighted by Gasteiger charge is 1.93. The molecule has 0 spiro atoms. The van der Waals surface area contributed by atoms with Crippen molar-refractivity contribution in [1.82, 2.24) is 4.90 Å². The maximum Gasteiger partial charge on any atom is 0.100 e. The third kappa shape index (κ3) is 11.8. The van der Waals surface area contributed by atoms with Crippen LogP contribution < -0.4 is 0 Å². The second-order valence-corrected chi connectivity index (χ2v) is 2.64. The minimum Gasteiger partial charge on any atom is -0.394 e. The van der Waals surface area contributed by atoms with Crippen LogP contribution in [0.1, 0.15) is 20.8 Å². The molecule has 0 aromatic heterocycles. The van der Waals surface area contributed by atoms with Gasteiger partial charge in [-0.15, -0.1) is 0 Å². The predicted molar refractivity (Wildman–Crippen MR) is 53.6 cm³/mol. The Morgan fingerprint density at radius 3 is 1.23 bits per heavy atom. The molecule has 4 nitrogen and oxygen atoms in total. The highest BCUT2D eigenvalue weighted by atomic mass is 16.3. The maximum absolute atomic E-state index is 8.17. The summed E-state index contributed by atoms with van der Waals surface area (Å²) >= 11 is 0. The fourth-order valence-corrected chi connectivity index (χ4v) is 0.729. The Kier molecular flexibility index (Phi) is 14.0. The predicted octanol–water partition coefficient (Wildman–Crippen LogP) is -0.320. The van der Waals surface area contributed by atoms with Gasteiger partial charge in [-0.3, -0.25) is 0 Å². The fraction of sp³-hybridized carbons (Fsp3) is 1.00. The largest absolute Gasteiger partial charge is 0.394 e. The van der Waals surface area contributed by atoms with E-state index in [1.165, 1.54) is 19.6 Å². The van der Waals surface area contributed by atoms with Crippen LogP contribution in [0.25, 0.3) is 0 Å². The summed E-state index contributed by atoms with van der Waals surface area (Å²) in [7, 11) is 0. The number of aliphatic hydroxyl groups excluding tert-OH is 3. The first kappa shape index (κ1) is 15.3. The summed E-state index contributed by atoms with van der Waals surface area (Å²) in [5.74, 6) is 0. The van der Waals surface area contributed by atoms with Crippen LogP contribution in [0.15, 0.2) is 0 Å². The summed E-state index contributed by atoms with van der Waals surface area (Å²) in [4.78, 5) is 2.38. The van der Waals surface area contributed by atoms with Crippen molar-refractivity contribution in [3.05, 3.63) is 0 Å². The lowest BCUT2D eigenvalue weighted by Gasteiger charge is -2.13. The van der Waals surface area contributed by atoms with Crippen molar-refractivity contribution >= 4 is 0 Å². The summed E-state index contributed by atoms with van der Waals surface area (Å²) in [5.41, 5.74) is 0. The number of aliphatic hydroxyl groups is 3. The Morgan fingerprint density at radius 2 is 1.23 bits per heavy atom. The fourth-order valence-electron chi connectivity index (χ4n) is 0.729. The summed E-state index contributed by atoms with van der Waals surface area (Å²) in [6.07, 6.45) is -0.954. The standard InChI is InChI=1S/C6H15N.C3H8O3/c1-4-7(5-2)6-3;4-1-3(6)2-5/h4-6H2,1-3H3;3-6H,1-2H2. The molecule has 0 rings (SSSR count). The normalized spacial score (nSPS) is 10.2. The van der Waals surface area contributed by atoms with Gasteiger partial charge in [-0.05, 0) is 19.6 Å². The molecule has 0 aliphatic rings. The highest BCUT2D eigenvalue weighted by molar-refractivity contribution is 4.44. The monoisotopic (exact) mass is 193 g/mol. The van der Waals surface area contributed by atoms with Crippen molar-refractivity contribution in [3.8, 4) is 0 Å². The van der Waals surface area contributed by atoms with Crippen molar-refractivity contribution in [1.29, 1.82) is 0 Å². The van der Waals surface area contributed by atoms with Gasteiger partial charge in [0.15, 0.2) is 0 Å². The molecule has 0 aliphatic carbocycles. The first-order valence-electron chi connectivity index (χ1n) is 4.78. The maximum atomic E-state index is 8.17. The molecular formula is C9H23NO3. The third-order valence-electron chi connectivity index (χ3n) is 1.76. The van der Waals surface area contributed by atoms with Crippen LogP contribution >= 0.6 is 0 Å². The van der Waals surface area contributed by atoms with Gasteiger partial charge in [0.25, 0.3) is 0 Å². The Hall–Kier alpha value is -0.160. The molecule has 0 saturated carbocycles. The van der Waals surface area contributed by atoms with Crippen LogP contribution in [-0.2, 0) is 0 Å². The number of hydrogen-bond donors (Lipinski definition) is 3. The van der Waals surface area contributed by atoms with E-state index in [2.05, 4.69) is 25.7 Å². The Bertz CT molecular complexity index is 77.4. The summed E-state index contributed by atoms with van der Waals surface area (Å²) in [6, 6.07) is 0. The first-order chi connectivity index (χ1) is 6.15. The number of hydrogen-bond acceptors (Lipinski definition) is 4. The molecule has 0 bridgehead atoms. The van der Waals surface area contributed by atoms with Crippen molar-refractivity contribution in [2.24, 2.45) is 0 Å². The van der Waals surface area contributed by atoms with E-state index in [0.29, 0.717) is 0 Å². The molecule has 0 amide bonds. The number of rotatable bonds is 5. The first-order valence-corrected chi connectivity index (χ1v) is 4.78. The zero-order chi connectivity index (χ0) is 10.7. The molecule has 0 fully saturated rings. The molecule has 82 valence electrons. The van der Waals surface area contributed by atoms with Gasteiger partial charge in [0.1, 0.15) is 6.10 Å². The SMILES string of the molecule is CCN(CC)CC.OCC(O)CO. The lowest BCUT2D eigenvalue weighted by Crippen LogP contribution is -2.21. The lowest BCUT2D eigenvalue weighted by molar-refractivity contribution is 0.0450. The van der Waals surface area contributed by atoms with Gasteiger partial charge in [0.05, 0.1) is 13.2 Å². The zero-order valence-electron chi connectivity index (χ0n) is 8.90. The molecule has 3 N–H and O–H groups in total. The molecule has 0 radical (unpaired) electrons. The minimum atomic E-state index is -0.954. The van der Waals surface area contributed by atoms with Gasteiger partial charge in [-0.2, -0.15) is 0 Å². The molecule has 0 aromatic rings. The Labute approximate surface area is 80.8 Å². The molecule has 0 unspecified atom stereocenters. The highest BCUT2D eigenvalue weighted by Crippen LogP contribution is 1.81. The van der Waals surface area contributed by atoms with Crippen LogP contribution in [0, 0.1) is 0 Å². The van der Waals surface area contributed by atoms with E-state index < -0.39 is 6.10 Å². The molecule has 4 heteroatoms. The van der Waals surface area contributed by atoms with Crippen LogP contribution in [-0.4, -0.2) is 59.2 Å². The van der Waals surface area contributed by atoms with Gasteiger partial charge in [0.2, 0.25) is 0 Å². The van der Waals surface area contributed by atoms with Crippen molar-refractivity contribution in [2.45, 2.75) is 26.9 Å². The lowest BCUT2D eigenvalue weighted by atomic mass is 10.4. The zero-order valence-corrected chi connectivity index (χ0v) is 8.90. The van der Waals surface area contributed by atoms with Crippen molar-refractivity contribution < 1.29 is 15.3 Å². The van der Waals surface area contributed by atoms with Gasteiger partial charge in [0, 0.05) is 0 Å². The summed E-state index contributed by atoms with van der Waals surface area (Å²) in [6.45, 7) is 9.40. The van der Waals surface area contributed by atoms with E-state index in [9.17, 15) is 0 Å².